The minimum atomic E-state index is 0.151. The molecule has 0 aliphatic rings. The summed E-state index contributed by atoms with van der Waals surface area (Å²) in [6, 6.07) is 4.79. The Morgan fingerprint density at radius 2 is 2.18 bits per heavy atom. The van der Waals surface area contributed by atoms with Crippen LogP contribution in [0.4, 0.5) is 0 Å². The second-order valence-electron chi connectivity index (χ2n) is 4.83. The molecule has 17 heavy (non-hydrogen) atoms. The molecule has 0 bridgehead atoms. The first kappa shape index (κ1) is 14.7. The van der Waals surface area contributed by atoms with Crippen LogP contribution in [0.15, 0.2) is 17.5 Å². The van der Waals surface area contributed by atoms with Crippen molar-refractivity contribution in [1.82, 2.24) is 4.90 Å². The second kappa shape index (κ2) is 6.53. The van der Waals surface area contributed by atoms with E-state index in [2.05, 4.69) is 50.2 Å². The van der Waals surface area contributed by atoms with E-state index in [1.807, 2.05) is 11.3 Å². The van der Waals surface area contributed by atoms with Crippen LogP contribution in [0.5, 0.6) is 0 Å². The zero-order chi connectivity index (χ0) is 12.9. The van der Waals surface area contributed by atoms with Crippen molar-refractivity contribution >= 4 is 11.3 Å². The van der Waals surface area contributed by atoms with Gasteiger partial charge in [-0.3, -0.25) is 4.90 Å². The van der Waals surface area contributed by atoms with Gasteiger partial charge in [0.25, 0.3) is 0 Å². The van der Waals surface area contributed by atoms with E-state index >= 15 is 0 Å². The minimum absolute atomic E-state index is 0.151. The van der Waals surface area contributed by atoms with Crippen molar-refractivity contribution < 1.29 is 0 Å². The molecule has 2 N–H and O–H groups in total. The van der Waals surface area contributed by atoms with Gasteiger partial charge in [0.15, 0.2) is 0 Å². The second-order valence-corrected chi connectivity index (χ2v) is 5.81. The Hall–Kier alpha value is -0.380. The molecule has 0 saturated carbocycles. The third-order valence-corrected chi connectivity index (χ3v) is 5.08. The molecule has 2 atom stereocenters. The van der Waals surface area contributed by atoms with E-state index in [0.717, 1.165) is 13.0 Å². The summed E-state index contributed by atoms with van der Waals surface area (Å²) >= 11 is 1.83. The van der Waals surface area contributed by atoms with Crippen molar-refractivity contribution in [3.8, 4) is 0 Å². The quantitative estimate of drug-likeness (QED) is 0.805. The summed E-state index contributed by atoms with van der Waals surface area (Å²) in [6.45, 7) is 7.51. The number of thiophene rings is 1. The number of rotatable bonds is 7. The standard InChI is InChI=1S/C14H26N2S/c1-5-9-14(6-2,11-15)16(4)12(3)13-8-7-10-17-13/h7-8,10,12H,5-6,9,11,15H2,1-4H3. The number of hydrogen-bond acceptors (Lipinski definition) is 3. The Balaban J connectivity index is 2.87. The van der Waals surface area contributed by atoms with E-state index in [0.29, 0.717) is 6.04 Å². The van der Waals surface area contributed by atoms with Crippen LogP contribution in [0, 0.1) is 0 Å². The molecule has 0 fully saturated rings. The molecule has 0 spiro atoms. The summed E-state index contributed by atoms with van der Waals surface area (Å²) in [5.41, 5.74) is 6.21. The molecular weight excluding hydrogens is 228 g/mol. The van der Waals surface area contributed by atoms with Gasteiger partial charge in [-0.2, -0.15) is 0 Å². The molecule has 3 heteroatoms. The number of nitrogens with two attached hydrogens (primary N) is 1. The minimum Gasteiger partial charge on any atom is -0.329 e. The van der Waals surface area contributed by atoms with Gasteiger partial charge >= 0.3 is 0 Å². The maximum atomic E-state index is 6.06. The average Bonchev–Trinajstić information content (AvgIpc) is 2.88. The van der Waals surface area contributed by atoms with Crippen LogP contribution < -0.4 is 5.73 Å². The highest BCUT2D eigenvalue weighted by molar-refractivity contribution is 7.10. The molecule has 98 valence electrons. The van der Waals surface area contributed by atoms with Gasteiger partial charge in [-0.15, -0.1) is 11.3 Å². The van der Waals surface area contributed by atoms with Gasteiger partial charge in [0, 0.05) is 23.0 Å². The zero-order valence-electron chi connectivity index (χ0n) is 11.6. The van der Waals surface area contributed by atoms with Gasteiger partial charge in [-0.05, 0) is 38.3 Å². The monoisotopic (exact) mass is 254 g/mol. The lowest BCUT2D eigenvalue weighted by Gasteiger charge is -2.44. The summed E-state index contributed by atoms with van der Waals surface area (Å²) in [7, 11) is 2.22. The molecule has 0 aliphatic heterocycles. The fourth-order valence-corrected chi connectivity index (χ4v) is 3.42. The average molecular weight is 254 g/mol. The lowest BCUT2D eigenvalue weighted by molar-refractivity contribution is 0.0722. The first-order valence-electron chi connectivity index (χ1n) is 6.57. The van der Waals surface area contributed by atoms with E-state index < -0.39 is 0 Å². The number of hydrogen-bond donors (Lipinski definition) is 1. The maximum absolute atomic E-state index is 6.06. The van der Waals surface area contributed by atoms with E-state index in [4.69, 9.17) is 5.73 Å². The van der Waals surface area contributed by atoms with E-state index in [1.54, 1.807) is 0 Å². The molecule has 1 rings (SSSR count). The zero-order valence-corrected chi connectivity index (χ0v) is 12.4. The molecular formula is C14H26N2S. The lowest BCUT2D eigenvalue weighted by atomic mass is 9.87. The Morgan fingerprint density at radius 3 is 2.59 bits per heavy atom. The fraction of sp³-hybridized carbons (Fsp3) is 0.714. The molecule has 2 unspecified atom stereocenters. The third-order valence-electron chi connectivity index (χ3n) is 4.04. The van der Waals surface area contributed by atoms with Crippen LogP contribution in [-0.4, -0.2) is 24.0 Å². The van der Waals surface area contributed by atoms with Crippen LogP contribution in [0.2, 0.25) is 0 Å². The van der Waals surface area contributed by atoms with Gasteiger partial charge in [-0.1, -0.05) is 26.3 Å². The fourth-order valence-electron chi connectivity index (χ4n) is 2.59. The Kier molecular flexibility index (Phi) is 5.63. The van der Waals surface area contributed by atoms with E-state index in [-0.39, 0.29) is 5.54 Å². The summed E-state index contributed by atoms with van der Waals surface area (Å²) < 4.78 is 0. The SMILES string of the molecule is CCCC(CC)(CN)N(C)C(C)c1cccs1. The Bertz CT molecular complexity index is 304. The molecule has 0 radical (unpaired) electrons. The summed E-state index contributed by atoms with van der Waals surface area (Å²) in [5.74, 6) is 0. The van der Waals surface area contributed by atoms with Crippen molar-refractivity contribution in [3.05, 3.63) is 22.4 Å². The predicted molar refractivity (Wildman–Crippen MR) is 77.5 cm³/mol. The molecule has 0 aliphatic carbocycles. The van der Waals surface area contributed by atoms with Crippen molar-refractivity contribution in [2.75, 3.05) is 13.6 Å². The van der Waals surface area contributed by atoms with E-state index in [9.17, 15) is 0 Å². The van der Waals surface area contributed by atoms with Gasteiger partial charge in [0.1, 0.15) is 0 Å². The summed E-state index contributed by atoms with van der Waals surface area (Å²) in [5, 5.41) is 2.15. The van der Waals surface area contributed by atoms with Crippen LogP contribution in [0.25, 0.3) is 0 Å². The van der Waals surface area contributed by atoms with E-state index in [1.165, 1.54) is 17.7 Å². The smallest absolute Gasteiger partial charge is 0.0416 e. The van der Waals surface area contributed by atoms with Gasteiger partial charge in [0.2, 0.25) is 0 Å². The van der Waals surface area contributed by atoms with Crippen molar-refractivity contribution in [2.24, 2.45) is 5.73 Å². The molecule has 1 aromatic heterocycles. The predicted octanol–water partition coefficient (Wildman–Crippen LogP) is 3.65. The van der Waals surface area contributed by atoms with Crippen LogP contribution in [-0.2, 0) is 0 Å². The first-order valence-corrected chi connectivity index (χ1v) is 7.45. The number of nitrogens with zero attached hydrogens (tertiary/aromatic N) is 1. The van der Waals surface area contributed by atoms with Gasteiger partial charge < -0.3 is 5.73 Å². The Morgan fingerprint density at radius 1 is 1.47 bits per heavy atom. The highest BCUT2D eigenvalue weighted by atomic mass is 32.1. The Labute approximate surface area is 110 Å². The molecule has 1 heterocycles. The van der Waals surface area contributed by atoms with Crippen LogP contribution in [0.3, 0.4) is 0 Å². The van der Waals surface area contributed by atoms with Crippen molar-refractivity contribution in [1.29, 1.82) is 0 Å². The van der Waals surface area contributed by atoms with Crippen LogP contribution >= 0.6 is 11.3 Å². The third kappa shape index (κ3) is 3.09. The summed E-state index contributed by atoms with van der Waals surface area (Å²) in [6.07, 6.45) is 3.47. The maximum Gasteiger partial charge on any atom is 0.0416 e. The first-order chi connectivity index (χ1) is 8.11. The lowest BCUT2D eigenvalue weighted by Crippen LogP contribution is -2.52. The molecule has 1 aromatic rings. The van der Waals surface area contributed by atoms with Crippen LogP contribution in [0.1, 0.15) is 51.0 Å². The molecule has 0 aromatic carbocycles. The van der Waals surface area contributed by atoms with Crippen molar-refractivity contribution in [2.45, 2.75) is 51.6 Å². The van der Waals surface area contributed by atoms with Gasteiger partial charge in [0.05, 0.1) is 0 Å². The normalized spacial score (nSPS) is 17.1. The highest BCUT2D eigenvalue weighted by Gasteiger charge is 2.33. The molecule has 0 amide bonds. The van der Waals surface area contributed by atoms with Crippen molar-refractivity contribution in [3.63, 3.8) is 0 Å². The summed E-state index contributed by atoms with van der Waals surface area (Å²) in [4.78, 5) is 3.90. The topological polar surface area (TPSA) is 29.3 Å². The largest absolute Gasteiger partial charge is 0.329 e. The molecule has 2 nitrogen and oxygen atoms in total. The highest BCUT2D eigenvalue weighted by Crippen LogP contribution is 2.33. The molecule has 0 saturated heterocycles. The van der Waals surface area contributed by atoms with Gasteiger partial charge in [-0.25, -0.2) is 0 Å². The number of likely N-dealkylation sites (N-methyl/N-ethyl adjacent to an activating group) is 1.